The monoisotopic (exact) mass is 386 g/mol. The van der Waals surface area contributed by atoms with Gasteiger partial charge in [0.15, 0.2) is 5.16 Å². The van der Waals surface area contributed by atoms with Gasteiger partial charge < -0.3 is 5.32 Å². The van der Waals surface area contributed by atoms with Gasteiger partial charge in [0, 0.05) is 17.3 Å². The van der Waals surface area contributed by atoms with Gasteiger partial charge in [-0.15, -0.1) is 10.2 Å². The zero-order valence-electron chi connectivity index (χ0n) is 14.6. The molecule has 1 aromatic heterocycles. The van der Waals surface area contributed by atoms with E-state index in [0.717, 1.165) is 17.1 Å². The fourth-order valence-electron chi connectivity index (χ4n) is 2.41. The number of nitrogens with zero attached hydrogens (tertiary/aromatic N) is 3. The highest BCUT2D eigenvalue weighted by Gasteiger charge is 2.13. The van der Waals surface area contributed by atoms with Crippen molar-refractivity contribution >= 4 is 29.3 Å². The third-order valence-corrected chi connectivity index (χ3v) is 5.00. The molecule has 0 aliphatic rings. The summed E-state index contributed by atoms with van der Waals surface area (Å²) >= 11 is 7.23. The highest BCUT2D eigenvalue weighted by Crippen LogP contribution is 2.22. The van der Waals surface area contributed by atoms with E-state index >= 15 is 0 Å². The Kier molecular flexibility index (Phi) is 5.96. The summed E-state index contributed by atoms with van der Waals surface area (Å²) in [5, 5.41) is 12.6. The molecule has 26 heavy (non-hydrogen) atoms. The van der Waals surface area contributed by atoms with E-state index in [9.17, 15) is 4.79 Å². The number of carbonyl (C=O) groups is 1. The van der Waals surface area contributed by atoms with Gasteiger partial charge in [-0.1, -0.05) is 53.2 Å². The summed E-state index contributed by atoms with van der Waals surface area (Å²) in [6, 6.07) is 15.5. The second-order valence-corrected chi connectivity index (χ2v) is 7.27. The minimum atomic E-state index is -0.0546. The number of halogens is 1. The van der Waals surface area contributed by atoms with Crippen LogP contribution in [-0.2, 0) is 11.3 Å². The minimum Gasteiger partial charge on any atom is -0.351 e. The Balaban J connectivity index is 1.60. The molecule has 0 aliphatic carbocycles. The van der Waals surface area contributed by atoms with E-state index in [1.807, 2.05) is 66.9 Å². The summed E-state index contributed by atoms with van der Waals surface area (Å²) < 4.78 is 1.95. The lowest BCUT2D eigenvalue weighted by Gasteiger charge is -2.09. The van der Waals surface area contributed by atoms with Crippen LogP contribution in [0.25, 0.3) is 5.69 Å². The van der Waals surface area contributed by atoms with E-state index < -0.39 is 0 Å². The van der Waals surface area contributed by atoms with Gasteiger partial charge in [-0.3, -0.25) is 9.36 Å². The number of amides is 1. The van der Waals surface area contributed by atoms with Gasteiger partial charge in [0.25, 0.3) is 0 Å². The Morgan fingerprint density at radius 2 is 1.77 bits per heavy atom. The fraction of sp³-hybridized carbons (Fsp3) is 0.211. The Morgan fingerprint density at radius 3 is 2.46 bits per heavy atom. The zero-order chi connectivity index (χ0) is 18.5. The third-order valence-electron chi connectivity index (χ3n) is 3.82. The van der Waals surface area contributed by atoms with Crippen molar-refractivity contribution in [1.82, 2.24) is 20.1 Å². The molecule has 0 saturated carbocycles. The second kappa shape index (κ2) is 8.38. The third kappa shape index (κ3) is 4.65. The predicted molar refractivity (Wildman–Crippen MR) is 105 cm³/mol. The van der Waals surface area contributed by atoms with Crippen molar-refractivity contribution in [1.29, 1.82) is 0 Å². The number of hydrogen-bond donors (Lipinski definition) is 1. The zero-order valence-corrected chi connectivity index (χ0v) is 16.1. The van der Waals surface area contributed by atoms with Gasteiger partial charge in [0.1, 0.15) is 5.82 Å². The van der Waals surface area contributed by atoms with E-state index in [-0.39, 0.29) is 11.7 Å². The molecule has 5 nitrogen and oxygen atoms in total. The van der Waals surface area contributed by atoms with Crippen LogP contribution in [0.5, 0.6) is 0 Å². The van der Waals surface area contributed by atoms with Crippen LogP contribution in [0.2, 0.25) is 5.02 Å². The summed E-state index contributed by atoms with van der Waals surface area (Å²) in [6.07, 6.45) is 0. The number of aryl methyl sites for hydroxylation is 2. The maximum absolute atomic E-state index is 12.1. The number of aromatic nitrogens is 3. The topological polar surface area (TPSA) is 59.8 Å². The van der Waals surface area contributed by atoms with Gasteiger partial charge in [0.2, 0.25) is 5.91 Å². The number of carbonyl (C=O) groups excluding carboxylic acids is 1. The van der Waals surface area contributed by atoms with Crippen LogP contribution in [-0.4, -0.2) is 26.4 Å². The quantitative estimate of drug-likeness (QED) is 0.652. The predicted octanol–water partition coefficient (Wildman–Crippen LogP) is 3.95. The summed E-state index contributed by atoms with van der Waals surface area (Å²) in [6.45, 7) is 4.42. The van der Waals surface area contributed by atoms with E-state index in [1.165, 1.54) is 17.3 Å². The highest BCUT2D eigenvalue weighted by molar-refractivity contribution is 7.99. The van der Waals surface area contributed by atoms with Gasteiger partial charge >= 0.3 is 0 Å². The van der Waals surface area contributed by atoms with Crippen molar-refractivity contribution in [3.63, 3.8) is 0 Å². The van der Waals surface area contributed by atoms with Crippen molar-refractivity contribution < 1.29 is 4.79 Å². The molecule has 0 aliphatic heterocycles. The molecule has 0 saturated heterocycles. The first-order chi connectivity index (χ1) is 12.5. The average Bonchev–Trinajstić information content (AvgIpc) is 3.01. The van der Waals surface area contributed by atoms with E-state index in [2.05, 4.69) is 15.5 Å². The maximum atomic E-state index is 12.1. The summed E-state index contributed by atoms with van der Waals surface area (Å²) in [5.74, 6) is 1.01. The van der Waals surface area contributed by atoms with E-state index in [0.29, 0.717) is 16.7 Å². The maximum Gasteiger partial charge on any atom is 0.230 e. The van der Waals surface area contributed by atoms with Crippen molar-refractivity contribution in [3.05, 3.63) is 70.5 Å². The highest BCUT2D eigenvalue weighted by atomic mass is 35.5. The summed E-state index contributed by atoms with van der Waals surface area (Å²) in [4.78, 5) is 12.1. The van der Waals surface area contributed by atoms with Crippen LogP contribution in [0.3, 0.4) is 0 Å². The van der Waals surface area contributed by atoms with E-state index in [4.69, 9.17) is 11.6 Å². The van der Waals surface area contributed by atoms with Crippen molar-refractivity contribution in [2.45, 2.75) is 25.5 Å². The molecule has 7 heteroatoms. The standard InChI is InChI=1S/C19H19ClN4OS/c1-13-3-9-17(10-4-13)24-14(2)22-23-19(24)26-12-18(25)21-11-15-5-7-16(20)8-6-15/h3-10H,11-12H2,1-2H3,(H,21,25). The minimum absolute atomic E-state index is 0.0546. The number of rotatable bonds is 6. The lowest BCUT2D eigenvalue weighted by Crippen LogP contribution is -2.24. The smallest absolute Gasteiger partial charge is 0.230 e. The van der Waals surface area contributed by atoms with Crippen molar-refractivity contribution in [2.24, 2.45) is 0 Å². The molecule has 0 fully saturated rings. The molecule has 0 spiro atoms. The molecule has 1 heterocycles. The lowest BCUT2D eigenvalue weighted by atomic mass is 10.2. The van der Waals surface area contributed by atoms with Gasteiger partial charge in [0.05, 0.1) is 5.75 Å². The van der Waals surface area contributed by atoms with Crippen molar-refractivity contribution in [3.8, 4) is 5.69 Å². The molecule has 1 amide bonds. The first-order valence-corrected chi connectivity index (χ1v) is 9.52. The molecule has 2 aromatic carbocycles. The summed E-state index contributed by atoms with van der Waals surface area (Å²) in [7, 11) is 0. The normalized spacial score (nSPS) is 10.7. The Bertz CT molecular complexity index is 891. The second-order valence-electron chi connectivity index (χ2n) is 5.89. The first kappa shape index (κ1) is 18.5. The fourth-order valence-corrected chi connectivity index (χ4v) is 3.36. The Labute approximate surface area is 161 Å². The van der Waals surface area contributed by atoms with Crippen LogP contribution in [0, 0.1) is 13.8 Å². The number of thioether (sulfide) groups is 1. The number of hydrogen-bond acceptors (Lipinski definition) is 4. The Morgan fingerprint density at radius 1 is 1.08 bits per heavy atom. The Hall–Kier alpha value is -2.31. The molecule has 3 rings (SSSR count). The largest absolute Gasteiger partial charge is 0.351 e. The van der Waals surface area contributed by atoms with Gasteiger partial charge in [-0.25, -0.2) is 0 Å². The van der Waals surface area contributed by atoms with Crippen LogP contribution >= 0.6 is 23.4 Å². The van der Waals surface area contributed by atoms with Crippen molar-refractivity contribution in [2.75, 3.05) is 5.75 Å². The molecule has 0 unspecified atom stereocenters. The molecular formula is C19H19ClN4OS. The number of nitrogens with one attached hydrogen (secondary N) is 1. The van der Waals surface area contributed by atoms with Crippen LogP contribution in [0.4, 0.5) is 0 Å². The molecule has 0 radical (unpaired) electrons. The summed E-state index contributed by atoms with van der Waals surface area (Å²) in [5.41, 5.74) is 3.18. The molecule has 0 atom stereocenters. The number of benzene rings is 2. The van der Waals surface area contributed by atoms with E-state index in [1.54, 1.807) is 0 Å². The molecule has 3 aromatic rings. The molecule has 134 valence electrons. The average molecular weight is 387 g/mol. The first-order valence-electron chi connectivity index (χ1n) is 8.16. The van der Waals surface area contributed by atoms with Gasteiger partial charge in [-0.2, -0.15) is 0 Å². The van der Waals surface area contributed by atoms with Crippen LogP contribution in [0.1, 0.15) is 17.0 Å². The lowest BCUT2D eigenvalue weighted by molar-refractivity contribution is -0.118. The SMILES string of the molecule is Cc1ccc(-n2c(C)nnc2SCC(=O)NCc2ccc(Cl)cc2)cc1. The van der Waals surface area contributed by atoms with Crippen LogP contribution < -0.4 is 5.32 Å². The molecule has 1 N–H and O–H groups in total. The molecule has 0 bridgehead atoms. The molecular weight excluding hydrogens is 368 g/mol. The van der Waals surface area contributed by atoms with Crippen LogP contribution in [0.15, 0.2) is 53.7 Å². The van der Waals surface area contributed by atoms with Gasteiger partial charge in [-0.05, 0) is 43.7 Å².